The van der Waals surface area contributed by atoms with Crippen LogP contribution in [0.15, 0.2) is 66.7 Å². The molecule has 3 aromatic carbocycles. The Morgan fingerprint density at radius 3 is 2.56 bits per heavy atom. The summed E-state index contributed by atoms with van der Waals surface area (Å²) < 4.78 is 6.34. The van der Waals surface area contributed by atoms with Gasteiger partial charge in [-0.1, -0.05) is 42.5 Å². The molecule has 2 aliphatic carbocycles. The van der Waals surface area contributed by atoms with Gasteiger partial charge in [0.1, 0.15) is 17.9 Å². The molecule has 0 aromatic heterocycles. The van der Waals surface area contributed by atoms with Crippen molar-refractivity contribution in [3.05, 3.63) is 77.9 Å². The number of esters is 1. The molecule has 0 bridgehead atoms. The summed E-state index contributed by atoms with van der Waals surface area (Å²) >= 11 is 0. The molecule has 1 unspecified atom stereocenters. The fourth-order valence-electron chi connectivity index (χ4n) is 7.46. The van der Waals surface area contributed by atoms with Crippen molar-refractivity contribution >= 4 is 22.6 Å². The summed E-state index contributed by atoms with van der Waals surface area (Å²) in [7, 11) is 2.29. The minimum Gasteiger partial charge on any atom is -0.427 e. The van der Waals surface area contributed by atoms with Crippen LogP contribution in [0.25, 0.3) is 10.8 Å². The van der Waals surface area contributed by atoms with Gasteiger partial charge in [0.15, 0.2) is 0 Å². The fraction of sp³-hybridized carbons (Fsp3) is 0.455. The predicted octanol–water partition coefficient (Wildman–Crippen LogP) is 4.98. The smallest absolute Gasteiger partial charge is 0.308 e. The van der Waals surface area contributed by atoms with Crippen LogP contribution in [0, 0.1) is 5.92 Å². The largest absolute Gasteiger partial charge is 0.427 e. The van der Waals surface area contributed by atoms with Crippen molar-refractivity contribution in [3.63, 3.8) is 0 Å². The Labute approximate surface area is 230 Å². The molecule has 0 radical (unpaired) electrons. The summed E-state index contributed by atoms with van der Waals surface area (Å²) in [6.07, 6.45) is 5.40. The van der Waals surface area contributed by atoms with Gasteiger partial charge in [-0.05, 0) is 72.7 Å². The van der Waals surface area contributed by atoms with E-state index in [1.54, 1.807) is 6.07 Å². The third-order valence-corrected chi connectivity index (χ3v) is 9.50. The maximum absolute atomic E-state index is 13.4. The second-order valence-corrected chi connectivity index (χ2v) is 12.6. The van der Waals surface area contributed by atoms with Crippen molar-refractivity contribution in [2.45, 2.75) is 62.5 Å². The molecule has 3 aromatic rings. The SMILES string of the molecule is CC(=O)Oc1cccc([C@@]23CC[N@+](C)(CC4CC4)CC2(O)CC[C@@H](NC(=O)c2ccc4ccccc4c2)C3)c1. The van der Waals surface area contributed by atoms with E-state index in [-0.39, 0.29) is 17.9 Å². The zero-order valence-electron chi connectivity index (χ0n) is 23.0. The van der Waals surface area contributed by atoms with Crippen molar-refractivity contribution in [2.75, 3.05) is 26.7 Å². The normalized spacial score (nSPS) is 30.4. The lowest BCUT2D eigenvalue weighted by Gasteiger charge is -2.59. The number of likely N-dealkylation sites (tertiary alicyclic amines) is 1. The number of fused-ring (bicyclic) bond motifs is 2. The molecule has 1 amide bonds. The highest BCUT2D eigenvalue weighted by molar-refractivity contribution is 5.98. The van der Waals surface area contributed by atoms with E-state index in [0.717, 1.165) is 52.7 Å². The number of ether oxygens (including phenoxy) is 1. The predicted molar refractivity (Wildman–Crippen MR) is 152 cm³/mol. The quantitative estimate of drug-likeness (QED) is 0.269. The van der Waals surface area contributed by atoms with E-state index in [0.29, 0.717) is 30.7 Å². The molecule has 3 fully saturated rings. The van der Waals surface area contributed by atoms with E-state index in [1.165, 1.54) is 19.8 Å². The first-order chi connectivity index (χ1) is 18.7. The number of carbonyl (C=O) groups is 2. The number of hydrogen-bond acceptors (Lipinski definition) is 4. The van der Waals surface area contributed by atoms with Gasteiger partial charge in [-0.15, -0.1) is 0 Å². The Balaban J connectivity index is 1.30. The average Bonchev–Trinajstić information content (AvgIpc) is 3.72. The van der Waals surface area contributed by atoms with Crippen LogP contribution in [0.2, 0.25) is 0 Å². The fourth-order valence-corrected chi connectivity index (χ4v) is 7.46. The Morgan fingerprint density at radius 1 is 1.00 bits per heavy atom. The van der Waals surface area contributed by atoms with Gasteiger partial charge in [-0.25, -0.2) is 0 Å². The van der Waals surface area contributed by atoms with Gasteiger partial charge in [0.05, 0.1) is 20.1 Å². The number of nitrogens with one attached hydrogen (secondary N) is 1. The first-order valence-corrected chi connectivity index (χ1v) is 14.3. The first kappa shape index (κ1) is 26.0. The average molecular weight is 528 g/mol. The highest BCUT2D eigenvalue weighted by Gasteiger charge is 2.62. The minimum absolute atomic E-state index is 0.0677. The molecular weight excluding hydrogens is 488 g/mol. The van der Waals surface area contributed by atoms with Crippen LogP contribution in [0.1, 0.15) is 61.4 Å². The molecule has 39 heavy (non-hydrogen) atoms. The van der Waals surface area contributed by atoms with E-state index in [4.69, 9.17) is 4.74 Å². The Bertz CT molecular complexity index is 1420. The highest BCUT2D eigenvalue weighted by Crippen LogP contribution is 2.54. The van der Waals surface area contributed by atoms with E-state index in [1.807, 2.05) is 54.6 Å². The summed E-state index contributed by atoms with van der Waals surface area (Å²) in [6, 6.07) is 21.5. The first-order valence-electron chi connectivity index (χ1n) is 14.3. The molecule has 0 spiro atoms. The maximum Gasteiger partial charge on any atom is 0.308 e. The lowest BCUT2D eigenvalue weighted by Crippen LogP contribution is -2.71. The van der Waals surface area contributed by atoms with Crippen LogP contribution >= 0.6 is 0 Å². The third kappa shape index (κ3) is 5.08. The van der Waals surface area contributed by atoms with Crippen LogP contribution in [-0.2, 0) is 10.2 Å². The van der Waals surface area contributed by atoms with Crippen LogP contribution in [0.3, 0.4) is 0 Å². The van der Waals surface area contributed by atoms with Crippen LogP contribution in [-0.4, -0.2) is 59.8 Å². The number of rotatable bonds is 6. The number of piperidine rings is 1. The van der Waals surface area contributed by atoms with Gasteiger partial charge in [0.25, 0.3) is 5.91 Å². The van der Waals surface area contributed by atoms with Gasteiger partial charge in [0.2, 0.25) is 0 Å². The second kappa shape index (κ2) is 9.76. The van der Waals surface area contributed by atoms with Crippen molar-refractivity contribution in [1.29, 1.82) is 0 Å². The second-order valence-electron chi connectivity index (χ2n) is 12.6. The Morgan fingerprint density at radius 2 is 1.79 bits per heavy atom. The molecule has 1 aliphatic heterocycles. The van der Waals surface area contributed by atoms with E-state index in [2.05, 4.69) is 18.4 Å². The zero-order chi connectivity index (χ0) is 27.3. The molecule has 6 rings (SSSR count). The number of hydrogen-bond donors (Lipinski definition) is 2. The van der Waals surface area contributed by atoms with Crippen LogP contribution in [0.4, 0.5) is 0 Å². The van der Waals surface area contributed by atoms with Gasteiger partial charge in [-0.2, -0.15) is 0 Å². The molecule has 6 nitrogen and oxygen atoms in total. The lowest BCUT2D eigenvalue weighted by molar-refractivity contribution is -0.925. The minimum atomic E-state index is -0.909. The summed E-state index contributed by atoms with van der Waals surface area (Å²) in [5, 5.41) is 18.0. The molecule has 1 heterocycles. The summed E-state index contributed by atoms with van der Waals surface area (Å²) in [5.41, 5.74) is 0.196. The van der Waals surface area contributed by atoms with Crippen LogP contribution < -0.4 is 10.1 Å². The molecule has 2 N–H and O–H groups in total. The van der Waals surface area contributed by atoms with Gasteiger partial charge >= 0.3 is 5.97 Å². The zero-order valence-corrected chi connectivity index (χ0v) is 23.0. The molecule has 204 valence electrons. The number of nitrogens with zero attached hydrogens (tertiary/aromatic N) is 1. The third-order valence-electron chi connectivity index (χ3n) is 9.50. The van der Waals surface area contributed by atoms with Crippen LogP contribution in [0.5, 0.6) is 5.75 Å². The number of benzene rings is 3. The summed E-state index contributed by atoms with van der Waals surface area (Å²) in [4.78, 5) is 25.1. The molecule has 4 atom stereocenters. The van der Waals surface area contributed by atoms with Gasteiger partial charge in [-0.3, -0.25) is 9.59 Å². The molecule has 2 saturated carbocycles. The molecule has 6 heteroatoms. The monoisotopic (exact) mass is 527 g/mol. The number of amides is 1. The van der Waals surface area contributed by atoms with Gasteiger partial charge in [0, 0.05) is 36.3 Å². The Kier molecular flexibility index (Phi) is 6.51. The topological polar surface area (TPSA) is 75.6 Å². The van der Waals surface area contributed by atoms with Crippen molar-refractivity contribution in [3.8, 4) is 5.75 Å². The van der Waals surface area contributed by atoms with Gasteiger partial charge < -0.3 is 19.6 Å². The molecular formula is C33H39N2O4+. The summed E-state index contributed by atoms with van der Waals surface area (Å²) in [6.45, 7) is 4.20. The highest BCUT2D eigenvalue weighted by atomic mass is 16.5. The number of quaternary nitrogens is 1. The molecule has 3 aliphatic rings. The van der Waals surface area contributed by atoms with Crippen molar-refractivity contribution in [1.82, 2.24) is 5.32 Å². The summed E-state index contributed by atoms with van der Waals surface area (Å²) in [5.74, 6) is 0.836. The van der Waals surface area contributed by atoms with E-state index in [9.17, 15) is 14.7 Å². The number of carbonyl (C=O) groups excluding carboxylic acids is 2. The van der Waals surface area contributed by atoms with Crippen molar-refractivity contribution < 1.29 is 23.9 Å². The van der Waals surface area contributed by atoms with E-state index < -0.39 is 11.0 Å². The van der Waals surface area contributed by atoms with E-state index >= 15 is 0 Å². The number of aliphatic hydroxyl groups is 1. The Hall–Kier alpha value is -3.22. The maximum atomic E-state index is 13.4. The molecule has 1 saturated heterocycles. The lowest BCUT2D eigenvalue weighted by atomic mass is 9.55. The standard InChI is InChI=1S/C33H38N2O4/c1-23(36)39-30-9-5-8-28(19-30)32-16-17-35(2,21-24-10-11-24)22-33(32,38)15-14-29(20-32)34-31(37)27-13-12-25-6-3-4-7-26(25)18-27/h3-9,12-13,18-19,24,29,38H,10-11,14-17,20-22H2,1-2H3/p+1/t29-,32+,33?,35-/m1/s1. The number of likely N-dealkylation sites (N-methyl/N-ethyl adjacent to an activating group) is 1. The van der Waals surface area contributed by atoms with Crippen molar-refractivity contribution in [2.24, 2.45) is 5.92 Å².